The van der Waals surface area contributed by atoms with Crippen LogP contribution in [0.15, 0.2) is 10.9 Å². The van der Waals surface area contributed by atoms with E-state index in [1.807, 2.05) is 6.92 Å². The molecule has 0 aromatic carbocycles. The first-order valence-corrected chi connectivity index (χ1v) is 5.48. The Morgan fingerprint density at radius 1 is 1.27 bits per heavy atom. The van der Waals surface area contributed by atoms with Crippen LogP contribution in [0.2, 0.25) is 0 Å². The summed E-state index contributed by atoms with van der Waals surface area (Å²) in [5.74, 6) is 0.819. The molecule has 4 nitrogen and oxygen atoms in total. The Balaban J connectivity index is 2.37. The molecule has 0 N–H and O–H groups in total. The molecule has 0 amide bonds. The molecule has 0 unspecified atom stereocenters. The quantitative estimate of drug-likeness (QED) is 0.691. The van der Waals surface area contributed by atoms with Crippen LogP contribution in [-0.2, 0) is 7.05 Å². The highest BCUT2D eigenvalue weighted by Crippen LogP contribution is 2.15. The first kappa shape index (κ1) is 10.2. The monoisotopic (exact) mass is 207 g/mol. The summed E-state index contributed by atoms with van der Waals surface area (Å²) < 4.78 is 1.64. The van der Waals surface area contributed by atoms with E-state index >= 15 is 0 Å². The topological polar surface area (TPSA) is 38.1 Å². The van der Waals surface area contributed by atoms with Gasteiger partial charge in [0.05, 0.1) is 0 Å². The van der Waals surface area contributed by atoms with Gasteiger partial charge in [-0.15, -0.1) is 0 Å². The molecule has 4 heteroatoms. The van der Waals surface area contributed by atoms with E-state index in [-0.39, 0.29) is 5.56 Å². The number of piperidine rings is 1. The average Bonchev–Trinajstić information content (AvgIpc) is 2.24. The number of hydrogen-bond donors (Lipinski definition) is 0. The molecule has 1 saturated heterocycles. The van der Waals surface area contributed by atoms with Gasteiger partial charge in [-0.1, -0.05) is 0 Å². The van der Waals surface area contributed by atoms with Gasteiger partial charge in [0, 0.05) is 31.9 Å². The van der Waals surface area contributed by atoms with Gasteiger partial charge in [0.15, 0.2) is 0 Å². The molecule has 1 aliphatic rings. The van der Waals surface area contributed by atoms with Crippen molar-refractivity contribution in [2.24, 2.45) is 7.05 Å². The first-order chi connectivity index (χ1) is 7.18. The van der Waals surface area contributed by atoms with Crippen LogP contribution in [0.3, 0.4) is 0 Å². The molecule has 1 fully saturated rings. The van der Waals surface area contributed by atoms with E-state index in [0.717, 1.165) is 24.7 Å². The molecule has 0 bridgehead atoms. The lowest BCUT2D eigenvalue weighted by molar-refractivity contribution is 0.556. The van der Waals surface area contributed by atoms with Crippen molar-refractivity contribution in [3.05, 3.63) is 22.1 Å². The summed E-state index contributed by atoms with van der Waals surface area (Å²) >= 11 is 0. The van der Waals surface area contributed by atoms with Crippen molar-refractivity contribution in [1.82, 2.24) is 9.55 Å². The summed E-state index contributed by atoms with van der Waals surface area (Å²) in [4.78, 5) is 18.3. The molecule has 1 aromatic heterocycles. The van der Waals surface area contributed by atoms with E-state index in [2.05, 4.69) is 9.88 Å². The third-order valence-electron chi connectivity index (χ3n) is 2.88. The van der Waals surface area contributed by atoms with Crippen molar-refractivity contribution in [2.75, 3.05) is 18.0 Å². The molecule has 0 aliphatic carbocycles. The van der Waals surface area contributed by atoms with Crippen molar-refractivity contribution in [2.45, 2.75) is 26.2 Å². The summed E-state index contributed by atoms with van der Waals surface area (Å²) in [5, 5.41) is 0. The van der Waals surface area contributed by atoms with E-state index in [9.17, 15) is 4.79 Å². The predicted octanol–water partition coefficient (Wildman–Crippen LogP) is 1.08. The van der Waals surface area contributed by atoms with E-state index < -0.39 is 0 Å². The molecule has 2 rings (SSSR count). The summed E-state index contributed by atoms with van der Waals surface area (Å²) in [6.45, 7) is 3.91. The van der Waals surface area contributed by atoms with Crippen LogP contribution in [0, 0.1) is 6.92 Å². The van der Waals surface area contributed by atoms with Crippen molar-refractivity contribution in [3.8, 4) is 0 Å². The molecule has 0 radical (unpaired) electrons. The van der Waals surface area contributed by atoms with Crippen LogP contribution in [0.1, 0.15) is 25.0 Å². The Hall–Kier alpha value is -1.32. The summed E-state index contributed by atoms with van der Waals surface area (Å²) in [6, 6.07) is 1.58. The van der Waals surface area contributed by atoms with Crippen molar-refractivity contribution >= 4 is 5.95 Å². The second-order valence-electron chi connectivity index (χ2n) is 4.14. The maximum absolute atomic E-state index is 11.6. The van der Waals surface area contributed by atoms with Crippen LogP contribution in [0.25, 0.3) is 0 Å². The Bertz CT molecular complexity index is 405. The van der Waals surface area contributed by atoms with Crippen molar-refractivity contribution in [1.29, 1.82) is 0 Å². The highest BCUT2D eigenvalue weighted by atomic mass is 16.1. The van der Waals surface area contributed by atoms with Gasteiger partial charge < -0.3 is 4.90 Å². The fraction of sp³-hybridized carbons (Fsp3) is 0.636. The zero-order valence-electron chi connectivity index (χ0n) is 9.36. The molecular weight excluding hydrogens is 190 g/mol. The number of anilines is 1. The highest BCUT2D eigenvalue weighted by Gasteiger charge is 2.15. The van der Waals surface area contributed by atoms with E-state index in [1.165, 1.54) is 19.3 Å². The fourth-order valence-electron chi connectivity index (χ4n) is 2.02. The second kappa shape index (κ2) is 4.04. The number of aryl methyl sites for hydroxylation is 1. The minimum atomic E-state index is 0.0306. The molecule has 1 aromatic rings. The zero-order chi connectivity index (χ0) is 10.8. The molecule has 15 heavy (non-hydrogen) atoms. The molecule has 1 aliphatic heterocycles. The molecule has 0 spiro atoms. The molecule has 2 heterocycles. The van der Waals surface area contributed by atoms with Crippen molar-refractivity contribution in [3.63, 3.8) is 0 Å². The SMILES string of the molecule is Cc1cc(=O)n(C)c(N2CCCCC2)n1. The number of aromatic nitrogens is 2. The van der Waals surface area contributed by atoms with Crippen LogP contribution >= 0.6 is 0 Å². The number of rotatable bonds is 1. The normalized spacial score (nSPS) is 16.8. The fourth-order valence-corrected chi connectivity index (χ4v) is 2.02. The van der Waals surface area contributed by atoms with Crippen LogP contribution in [0.5, 0.6) is 0 Å². The van der Waals surface area contributed by atoms with E-state index in [0.29, 0.717) is 0 Å². The van der Waals surface area contributed by atoms with Gasteiger partial charge in [0.1, 0.15) is 0 Å². The minimum Gasteiger partial charge on any atom is -0.342 e. The third kappa shape index (κ3) is 2.03. The Morgan fingerprint density at radius 3 is 2.60 bits per heavy atom. The van der Waals surface area contributed by atoms with Crippen LogP contribution < -0.4 is 10.5 Å². The second-order valence-corrected chi connectivity index (χ2v) is 4.14. The Labute approximate surface area is 89.6 Å². The maximum Gasteiger partial charge on any atom is 0.254 e. The molecule has 0 atom stereocenters. The smallest absolute Gasteiger partial charge is 0.254 e. The van der Waals surface area contributed by atoms with Gasteiger partial charge in [-0.2, -0.15) is 0 Å². The van der Waals surface area contributed by atoms with Gasteiger partial charge in [-0.3, -0.25) is 9.36 Å². The van der Waals surface area contributed by atoms with Crippen LogP contribution in [-0.4, -0.2) is 22.6 Å². The Kier molecular flexibility index (Phi) is 2.75. The van der Waals surface area contributed by atoms with Gasteiger partial charge in [-0.05, 0) is 26.2 Å². The van der Waals surface area contributed by atoms with Gasteiger partial charge in [-0.25, -0.2) is 4.98 Å². The lowest BCUT2D eigenvalue weighted by Gasteiger charge is -2.28. The third-order valence-corrected chi connectivity index (χ3v) is 2.88. The number of hydrogen-bond acceptors (Lipinski definition) is 3. The predicted molar refractivity (Wildman–Crippen MR) is 60.3 cm³/mol. The Morgan fingerprint density at radius 2 is 1.93 bits per heavy atom. The minimum absolute atomic E-state index is 0.0306. The van der Waals surface area contributed by atoms with Gasteiger partial charge >= 0.3 is 0 Å². The number of nitrogens with zero attached hydrogens (tertiary/aromatic N) is 3. The lowest BCUT2D eigenvalue weighted by Crippen LogP contribution is -2.35. The zero-order valence-corrected chi connectivity index (χ0v) is 9.36. The van der Waals surface area contributed by atoms with Gasteiger partial charge in [0.2, 0.25) is 5.95 Å². The summed E-state index contributed by atoms with van der Waals surface area (Å²) in [7, 11) is 1.79. The lowest BCUT2D eigenvalue weighted by atomic mass is 10.1. The van der Waals surface area contributed by atoms with Crippen molar-refractivity contribution < 1.29 is 0 Å². The van der Waals surface area contributed by atoms with Gasteiger partial charge in [0.25, 0.3) is 5.56 Å². The molecule has 82 valence electrons. The maximum atomic E-state index is 11.6. The van der Waals surface area contributed by atoms with E-state index in [1.54, 1.807) is 17.7 Å². The first-order valence-electron chi connectivity index (χ1n) is 5.48. The summed E-state index contributed by atoms with van der Waals surface area (Å²) in [6.07, 6.45) is 3.68. The standard InChI is InChI=1S/C11H17N3O/c1-9-8-10(15)13(2)11(12-9)14-6-4-3-5-7-14/h8H,3-7H2,1-2H3. The molecule has 0 saturated carbocycles. The highest BCUT2D eigenvalue weighted by molar-refractivity contribution is 5.32. The molecular formula is C11H17N3O. The average molecular weight is 207 g/mol. The van der Waals surface area contributed by atoms with Crippen LogP contribution in [0.4, 0.5) is 5.95 Å². The van der Waals surface area contributed by atoms with E-state index in [4.69, 9.17) is 0 Å². The largest absolute Gasteiger partial charge is 0.342 e. The summed E-state index contributed by atoms with van der Waals surface area (Å²) in [5.41, 5.74) is 0.835.